The summed E-state index contributed by atoms with van der Waals surface area (Å²) in [7, 11) is 0. The summed E-state index contributed by atoms with van der Waals surface area (Å²) < 4.78 is 0. The number of rotatable bonds is 5. The topological polar surface area (TPSA) is 121 Å². The van der Waals surface area contributed by atoms with Gasteiger partial charge in [0.1, 0.15) is 16.6 Å². The second-order valence-corrected chi connectivity index (χ2v) is 5.15. The summed E-state index contributed by atoms with van der Waals surface area (Å²) in [6.07, 6.45) is 1.45. The van der Waals surface area contributed by atoms with Crippen molar-refractivity contribution in [3.05, 3.63) is 11.6 Å². The summed E-state index contributed by atoms with van der Waals surface area (Å²) in [5.74, 6) is -1.42. The van der Waals surface area contributed by atoms with Gasteiger partial charge in [-0.15, -0.1) is 11.8 Å². The van der Waals surface area contributed by atoms with E-state index in [2.05, 4.69) is 25.3 Å². The smallest absolute Gasteiger partial charge is 0.327 e. The number of hydrogen-bond acceptors (Lipinski definition) is 6. The predicted molar refractivity (Wildman–Crippen MR) is 72.7 cm³/mol. The van der Waals surface area contributed by atoms with Crippen LogP contribution in [-0.4, -0.2) is 48.7 Å². The van der Waals surface area contributed by atoms with Crippen LogP contribution in [0.3, 0.4) is 0 Å². The Labute approximate surface area is 122 Å². The molecule has 8 nitrogen and oxygen atoms in total. The highest BCUT2D eigenvalue weighted by Crippen LogP contribution is 2.24. The largest absolute Gasteiger partial charge is 0.480 e. The van der Waals surface area contributed by atoms with Crippen molar-refractivity contribution in [2.75, 3.05) is 5.75 Å². The van der Waals surface area contributed by atoms with Crippen LogP contribution in [0.15, 0.2) is 11.4 Å². The lowest BCUT2D eigenvalue weighted by atomic mass is 10.3. The van der Waals surface area contributed by atoms with Gasteiger partial charge >= 0.3 is 5.97 Å². The van der Waals surface area contributed by atoms with Crippen LogP contribution in [0.5, 0.6) is 0 Å². The SMILES string of the molecule is CC(=O)N[C@@H](CSc1nc(Cl)nc2nc[nH]c12)C(=O)O. The van der Waals surface area contributed by atoms with E-state index < -0.39 is 17.9 Å². The molecular weight excluding hydrogens is 306 g/mol. The zero-order valence-corrected chi connectivity index (χ0v) is 11.8. The van der Waals surface area contributed by atoms with E-state index in [0.717, 1.165) is 11.8 Å². The van der Waals surface area contributed by atoms with Crippen LogP contribution in [-0.2, 0) is 9.59 Å². The van der Waals surface area contributed by atoms with E-state index in [1.165, 1.54) is 13.3 Å². The van der Waals surface area contributed by atoms with Gasteiger partial charge in [0.05, 0.1) is 6.33 Å². The summed E-state index contributed by atoms with van der Waals surface area (Å²) >= 11 is 6.91. The van der Waals surface area contributed by atoms with Gasteiger partial charge in [0, 0.05) is 12.7 Å². The molecule has 1 amide bonds. The number of carboxylic acid groups (broad SMARTS) is 1. The van der Waals surface area contributed by atoms with Crippen LogP contribution in [0.4, 0.5) is 0 Å². The van der Waals surface area contributed by atoms with Gasteiger partial charge in [-0.05, 0) is 11.6 Å². The Morgan fingerprint density at radius 3 is 2.95 bits per heavy atom. The van der Waals surface area contributed by atoms with Gasteiger partial charge < -0.3 is 15.4 Å². The van der Waals surface area contributed by atoms with E-state index in [0.29, 0.717) is 16.2 Å². The van der Waals surface area contributed by atoms with E-state index in [1.54, 1.807) is 0 Å². The highest BCUT2D eigenvalue weighted by Gasteiger charge is 2.20. The van der Waals surface area contributed by atoms with Crippen LogP contribution >= 0.6 is 23.4 Å². The van der Waals surface area contributed by atoms with Gasteiger partial charge in [0.2, 0.25) is 11.2 Å². The van der Waals surface area contributed by atoms with Crippen molar-refractivity contribution in [1.29, 1.82) is 0 Å². The summed E-state index contributed by atoms with van der Waals surface area (Å²) in [5, 5.41) is 11.9. The molecule has 0 saturated carbocycles. The Morgan fingerprint density at radius 2 is 2.30 bits per heavy atom. The van der Waals surface area contributed by atoms with Crippen molar-refractivity contribution >= 4 is 46.4 Å². The van der Waals surface area contributed by atoms with Gasteiger partial charge in [0.25, 0.3) is 0 Å². The number of carboxylic acids is 1. The minimum absolute atomic E-state index is 0.0264. The third-order valence-electron chi connectivity index (χ3n) is 2.29. The number of aromatic amines is 1. The molecule has 0 unspecified atom stereocenters. The number of halogens is 1. The lowest BCUT2D eigenvalue weighted by Gasteiger charge is -2.12. The number of imidazole rings is 1. The second kappa shape index (κ2) is 6.06. The average molecular weight is 316 g/mol. The van der Waals surface area contributed by atoms with Gasteiger partial charge in [0.15, 0.2) is 5.65 Å². The lowest BCUT2D eigenvalue weighted by Crippen LogP contribution is -2.41. The Morgan fingerprint density at radius 1 is 1.55 bits per heavy atom. The van der Waals surface area contributed by atoms with Crippen molar-refractivity contribution < 1.29 is 14.7 Å². The molecule has 0 aromatic carbocycles. The molecule has 10 heteroatoms. The maximum atomic E-state index is 11.0. The number of amides is 1. The maximum absolute atomic E-state index is 11.0. The Balaban J connectivity index is 2.17. The molecule has 0 aliphatic heterocycles. The fraction of sp³-hybridized carbons (Fsp3) is 0.300. The van der Waals surface area contributed by atoms with Gasteiger partial charge in [-0.25, -0.2) is 14.8 Å². The zero-order valence-electron chi connectivity index (χ0n) is 10.3. The lowest BCUT2D eigenvalue weighted by molar-refractivity contribution is -0.140. The minimum Gasteiger partial charge on any atom is -0.480 e. The normalized spacial score (nSPS) is 12.3. The zero-order chi connectivity index (χ0) is 14.7. The van der Waals surface area contributed by atoms with E-state index in [4.69, 9.17) is 16.7 Å². The second-order valence-electron chi connectivity index (χ2n) is 3.80. The first-order valence-corrected chi connectivity index (χ1v) is 6.83. The number of carbonyl (C=O) groups excluding carboxylic acids is 1. The molecule has 2 aromatic heterocycles. The van der Waals surface area contributed by atoms with Crippen molar-refractivity contribution in [3.63, 3.8) is 0 Å². The molecule has 0 saturated heterocycles. The number of thioether (sulfide) groups is 1. The molecule has 2 aromatic rings. The van der Waals surface area contributed by atoms with E-state index in [9.17, 15) is 9.59 Å². The van der Waals surface area contributed by atoms with E-state index in [-0.39, 0.29) is 11.0 Å². The van der Waals surface area contributed by atoms with Gasteiger partial charge in [-0.1, -0.05) is 0 Å². The average Bonchev–Trinajstić information content (AvgIpc) is 2.81. The molecule has 0 fully saturated rings. The number of hydrogen-bond donors (Lipinski definition) is 3. The fourth-order valence-electron chi connectivity index (χ4n) is 1.47. The molecule has 0 aliphatic carbocycles. The van der Waals surface area contributed by atoms with Crippen molar-refractivity contribution in [2.45, 2.75) is 18.0 Å². The number of fused-ring (bicyclic) bond motifs is 1. The first-order valence-electron chi connectivity index (χ1n) is 5.46. The predicted octanol–water partition coefficient (Wildman–Crippen LogP) is 0.688. The maximum Gasteiger partial charge on any atom is 0.327 e. The molecule has 20 heavy (non-hydrogen) atoms. The van der Waals surface area contributed by atoms with Gasteiger partial charge in [-0.3, -0.25) is 4.79 Å². The monoisotopic (exact) mass is 315 g/mol. The quantitative estimate of drug-likeness (QED) is 0.421. The molecule has 2 rings (SSSR count). The van der Waals surface area contributed by atoms with Crippen molar-refractivity contribution in [1.82, 2.24) is 25.3 Å². The molecule has 2 heterocycles. The van der Waals surface area contributed by atoms with Crippen LogP contribution < -0.4 is 5.32 Å². The summed E-state index contributed by atoms with van der Waals surface area (Å²) in [4.78, 5) is 36.7. The van der Waals surface area contributed by atoms with Crippen LogP contribution in [0.25, 0.3) is 11.2 Å². The highest BCUT2D eigenvalue weighted by atomic mass is 35.5. The molecule has 106 valence electrons. The number of carbonyl (C=O) groups is 2. The number of aromatic nitrogens is 4. The molecule has 3 N–H and O–H groups in total. The first kappa shape index (κ1) is 14.5. The first-order chi connectivity index (χ1) is 9.47. The Hall–Kier alpha value is -1.87. The number of nitrogens with zero attached hydrogens (tertiary/aromatic N) is 3. The van der Waals surface area contributed by atoms with Gasteiger partial charge in [-0.2, -0.15) is 4.98 Å². The van der Waals surface area contributed by atoms with Crippen LogP contribution in [0, 0.1) is 0 Å². The summed E-state index contributed by atoms with van der Waals surface area (Å²) in [6.45, 7) is 1.26. The minimum atomic E-state index is -1.12. The summed E-state index contributed by atoms with van der Waals surface area (Å²) in [5.41, 5.74) is 0.977. The standard InChI is InChI=1S/C10H10ClN5O3S/c1-4(17)14-5(9(18)19)2-20-8-6-7(13-3-12-6)15-10(11)16-8/h3,5H,2H2,1H3,(H,14,17)(H,18,19)(H,12,13,15,16)/t5-/m0/s1. The molecule has 0 aliphatic rings. The molecule has 0 radical (unpaired) electrons. The Kier molecular flexibility index (Phi) is 4.40. The summed E-state index contributed by atoms with van der Waals surface area (Å²) in [6, 6.07) is -1.01. The third kappa shape index (κ3) is 3.36. The number of H-pyrrole nitrogens is 1. The van der Waals surface area contributed by atoms with Crippen molar-refractivity contribution in [2.24, 2.45) is 0 Å². The third-order valence-corrected chi connectivity index (χ3v) is 3.53. The Bertz CT molecular complexity index is 661. The van der Waals surface area contributed by atoms with Crippen molar-refractivity contribution in [3.8, 4) is 0 Å². The molecule has 1 atom stereocenters. The fourth-order valence-corrected chi connectivity index (χ4v) is 2.68. The highest BCUT2D eigenvalue weighted by molar-refractivity contribution is 7.99. The molecule has 0 bridgehead atoms. The number of aliphatic carboxylic acids is 1. The molecular formula is C10H10ClN5O3S. The van der Waals surface area contributed by atoms with Crippen LogP contribution in [0.1, 0.15) is 6.92 Å². The van der Waals surface area contributed by atoms with E-state index in [1.807, 2.05) is 0 Å². The van der Waals surface area contributed by atoms with E-state index >= 15 is 0 Å². The molecule has 0 spiro atoms. The number of nitrogens with one attached hydrogen (secondary N) is 2. The van der Waals surface area contributed by atoms with Crippen LogP contribution in [0.2, 0.25) is 5.28 Å².